The van der Waals surface area contributed by atoms with Crippen molar-refractivity contribution >= 4 is 35.0 Å². The van der Waals surface area contributed by atoms with Crippen LogP contribution in [-0.2, 0) is 17.7 Å². The van der Waals surface area contributed by atoms with E-state index in [1.807, 2.05) is 24.3 Å². The summed E-state index contributed by atoms with van der Waals surface area (Å²) >= 11 is 13.7. The monoisotopic (exact) mass is 431 g/mol. The number of hydrogen-bond donors (Lipinski definition) is 0. The number of aromatic nitrogens is 3. The molecule has 0 spiro atoms. The van der Waals surface area contributed by atoms with Crippen LogP contribution < -0.4 is 0 Å². The van der Waals surface area contributed by atoms with Crippen molar-refractivity contribution in [2.45, 2.75) is 43.6 Å². The van der Waals surface area contributed by atoms with Crippen LogP contribution in [0.1, 0.15) is 31.9 Å². The molecule has 0 saturated heterocycles. The van der Waals surface area contributed by atoms with E-state index in [-0.39, 0.29) is 5.41 Å². The Morgan fingerprint density at radius 3 is 2.36 bits per heavy atom. The standard InChI is InChI=1S/C22H23Cl2N3S/c1-5-12-27-20(16-7-9-17(10-8-16)22(2,3)4)25-26-21(27)28-14-15-6-11-18(23)19(24)13-15/h5-11,13H,1,12,14H2,2-4H3. The molecule has 3 rings (SSSR count). The highest BCUT2D eigenvalue weighted by molar-refractivity contribution is 7.98. The Bertz CT molecular complexity index is 972. The fourth-order valence-corrected chi connectivity index (χ4v) is 4.01. The second-order valence-corrected chi connectivity index (χ2v) is 9.33. The highest BCUT2D eigenvalue weighted by atomic mass is 35.5. The van der Waals surface area contributed by atoms with Gasteiger partial charge in [0.1, 0.15) is 0 Å². The van der Waals surface area contributed by atoms with Gasteiger partial charge in [-0.3, -0.25) is 4.57 Å². The molecule has 0 amide bonds. The van der Waals surface area contributed by atoms with Gasteiger partial charge in [-0.25, -0.2) is 0 Å². The molecule has 0 radical (unpaired) electrons. The highest BCUT2D eigenvalue weighted by Crippen LogP contribution is 2.30. The lowest BCUT2D eigenvalue weighted by atomic mass is 9.87. The molecule has 1 heterocycles. The van der Waals surface area contributed by atoms with E-state index in [1.165, 1.54) is 5.56 Å². The zero-order valence-electron chi connectivity index (χ0n) is 16.2. The van der Waals surface area contributed by atoms with E-state index < -0.39 is 0 Å². The molecule has 0 bridgehead atoms. The molecule has 1 aromatic heterocycles. The fraction of sp³-hybridized carbons (Fsp3) is 0.273. The molecule has 0 aliphatic heterocycles. The van der Waals surface area contributed by atoms with Gasteiger partial charge in [-0.15, -0.1) is 16.8 Å². The van der Waals surface area contributed by atoms with Gasteiger partial charge in [0.15, 0.2) is 11.0 Å². The summed E-state index contributed by atoms with van der Waals surface area (Å²) in [5.41, 5.74) is 3.54. The van der Waals surface area contributed by atoms with E-state index in [2.05, 4.69) is 66.4 Å². The van der Waals surface area contributed by atoms with Crippen molar-refractivity contribution in [2.75, 3.05) is 0 Å². The zero-order chi connectivity index (χ0) is 20.3. The molecule has 0 fully saturated rings. The number of hydrogen-bond acceptors (Lipinski definition) is 3. The molecule has 2 aromatic carbocycles. The van der Waals surface area contributed by atoms with Gasteiger partial charge in [0.05, 0.1) is 10.0 Å². The molecule has 146 valence electrons. The van der Waals surface area contributed by atoms with Crippen LogP contribution in [0.2, 0.25) is 10.0 Å². The van der Waals surface area contributed by atoms with Gasteiger partial charge in [-0.05, 0) is 28.7 Å². The largest absolute Gasteiger partial charge is 0.298 e. The van der Waals surface area contributed by atoms with Crippen LogP contribution in [-0.4, -0.2) is 14.8 Å². The molecule has 28 heavy (non-hydrogen) atoms. The van der Waals surface area contributed by atoms with Crippen LogP contribution in [0.5, 0.6) is 0 Å². The Morgan fingerprint density at radius 1 is 1.04 bits per heavy atom. The van der Waals surface area contributed by atoms with Crippen molar-refractivity contribution in [2.24, 2.45) is 0 Å². The summed E-state index contributed by atoms with van der Waals surface area (Å²) in [6.07, 6.45) is 1.86. The summed E-state index contributed by atoms with van der Waals surface area (Å²) in [4.78, 5) is 0. The van der Waals surface area contributed by atoms with Crippen molar-refractivity contribution in [1.29, 1.82) is 0 Å². The van der Waals surface area contributed by atoms with E-state index >= 15 is 0 Å². The van der Waals surface area contributed by atoms with Gasteiger partial charge in [0.25, 0.3) is 0 Å². The lowest BCUT2D eigenvalue weighted by Crippen LogP contribution is -2.10. The minimum atomic E-state index is 0.119. The quantitative estimate of drug-likeness (QED) is 0.310. The minimum absolute atomic E-state index is 0.119. The average molecular weight is 432 g/mol. The van der Waals surface area contributed by atoms with Crippen molar-refractivity contribution in [3.63, 3.8) is 0 Å². The first kappa shape index (κ1) is 21.0. The van der Waals surface area contributed by atoms with Gasteiger partial charge >= 0.3 is 0 Å². The normalized spacial score (nSPS) is 11.6. The van der Waals surface area contributed by atoms with E-state index in [0.29, 0.717) is 16.6 Å². The van der Waals surface area contributed by atoms with E-state index in [4.69, 9.17) is 23.2 Å². The van der Waals surface area contributed by atoms with E-state index in [9.17, 15) is 0 Å². The molecule has 0 saturated carbocycles. The predicted octanol–water partition coefficient (Wildman–Crippen LogP) is 7.03. The van der Waals surface area contributed by atoms with Crippen LogP contribution in [0.4, 0.5) is 0 Å². The lowest BCUT2D eigenvalue weighted by molar-refractivity contribution is 0.590. The maximum absolute atomic E-state index is 6.12. The van der Waals surface area contributed by atoms with Gasteiger partial charge in [0.2, 0.25) is 0 Å². The summed E-state index contributed by atoms with van der Waals surface area (Å²) in [7, 11) is 0. The van der Waals surface area contributed by atoms with Crippen LogP contribution in [0.3, 0.4) is 0 Å². The first-order valence-electron chi connectivity index (χ1n) is 9.01. The molecule has 0 unspecified atom stereocenters. The first-order chi connectivity index (χ1) is 13.3. The zero-order valence-corrected chi connectivity index (χ0v) is 18.6. The van der Waals surface area contributed by atoms with E-state index in [0.717, 1.165) is 27.9 Å². The molecular formula is C22H23Cl2N3S. The second-order valence-electron chi connectivity index (χ2n) is 7.57. The van der Waals surface area contributed by atoms with Crippen molar-refractivity contribution < 1.29 is 0 Å². The summed E-state index contributed by atoms with van der Waals surface area (Å²) in [6, 6.07) is 14.2. The van der Waals surface area contributed by atoms with Crippen molar-refractivity contribution in [1.82, 2.24) is 14.8 Å². The number of thioether (sulfide) groups is 1. The van der Waals surface area contributed by atoms with Crippen molar-refractivity contribution in [3.8, 4) is 11.4 Å². The Labute approximate surface area is 180 Å². The maximum Gasteiger partial charge on any atom is 0.192 e. The molecule has 0 aliphatic rings. The smallest absolute Gasteiger partial charge is 0.192 e. The Hall–Kier alpha value is -1.75. The Kier molecular flexibility index (Phi) is 6.54. The third-order valence-corrected chi connectivity index (χ3v) is 6.17. The molecule has 0 aliphatic carbocycles. The average Bonchev–Trinajstić information content (AvgIpc) is 3.05. The molecule has 0 atom stereocenters. The number of rotatable bonds is 6. The van der Waals surface area contributed by atoms with Gasteiger partial charge in [-0.2, -0.15) is 0 Å². The Morgan fingerprint density at radius 2 is 1.75 bits per heavy atom. The summed E-state index contributed by atoms with van der Waals surface area (Å²) in [5.74, 6) is 1.58. The molecule has 3 aromatic rings. The van der Waals surface area contributed by atoms with Crippen LogP contribution in [0, 0.1) is 0 Å². The number of benzene rings is 2. The summed E-state index contributed by atoms with van der Waals surface area (Å²) in [5, 5.41) is 10.8. The van der Waals surface area contributed by atoms with Crippen LogP contribution in [0.15, 0.2) is 60.3 Å². The highest BCUT2D eigenvalue weighted by Gasteiger charge is 2.16. The minimum Gasteiger partial charge on any atom is -0.298 e. The summed E-state index contributed by atoms with van der Waals surface area (Å²) in [6.45, 7) is 11.2. The number of nitrogens with zero attached hydrogens (tertiary/aromatic N) is 3. The molecule has 6 heteroatoms. The van der Waals surface area contributed by atoms with Gasteiger partial charge in [-0.1, -0.05) is 92.1 Å². The summed E-state index contributed by atoms with van der Waals surface area (Å²) < 4.78 is 2.08. The van der Waals surface area contributed by atoms with Crippen LogP contribution >= 0.6 is 35.0 Å². The number of allylic oxidation sites excluding steroid dienone is 1. The lowest BCUT2D eigenvalue weighted by Gasteiger charge is -2.19. The first-order valence-corrected chi connectivity index (χ1v) is 10.8. The maximum atomic E-state index is 6.12. The topological polar surface area (TPSA) is 30.7 Å². The van der Waals surface area contributed by atoms with Crippen LogP contribution in [0.25, 0.3) is 11.4 Å². The number of halogens is 2. The predicted molar refractivity (Wildman–Crippen MR) is 120 cm³/mol. The third kappa shape index (κ3) is 4.80. The Balaban J connectivity index is 1.85. The second kappa shape index (κ2) is 8.73. The molecule has 3 nitrogen and oxygen atoms in total. The molecular weight excluding hydrogens is 409 g/mol. The fourth-order valence-electron chi connectivity index (χ4n) is 2.80. The van der Waals surface area contributed by atoms with Gasteiger partial charge < -0.3 is 0 Å². The van der Waals surface area contributed by atoms with Gasteiger partial charge in [0, 0.05) is 17.9 Å². The van der Waals surface area contributed by atoms with Crippen molar-refractivity contribution in [3.05, 3.63) is 76.3 Å². The third-order valence-electron chi connectivity index (χ3n) is 4.39. The molecule has 0 N–H and O–H groups in total. The SMILES string of the molecule is C=CCn1c(SCc2ccc(Cl)c(Cl)c2)nnc1-c1ccc(C(C)(C)C)cc1. The van der Waals surface area contributed by atoms with E-state index in [1.54, 1.807) is 11.8 Å².